The van der Waals surface area contributed by atoms with Gasteiger partial charge in [-0.15, -0.1) is 0 Å². The Kier molecular flexibility index (Phi) is 4.20. The zero-order valence-corrected chi connectivity index (χ0v) is 13.3. The van der Waals surface area contributed by atoms with Crippen LogP contribution in [0.5, 0.6) is 0 Å². The fourth-order valence-electron chi connectivity index (χ4n) is 2.08. The molecule has 2 aromatic rings. The van der Waals surface area contributed by atoms with Crippen LogP contribution in [0.3, 0.4) is 0 Å². The molecular formula is C15H18BrN3. The van der Waals surface area contributed by atoms with Crippen LogP contribution in [0.25, 0.3) is 11.4 Å². The molecule has 0 fully saturated rings. The van der Waals surface area contributed by atoms with Gasteiger partial charge >= 0.3 is 0 Å². The van der Waals surface area contributed by atoms with Gasteiger partial charge in [0, 0.05) is 12.6 Å². The summed E-state index contributed by atoms with van der Waals surface area (Å²) in [5.41, 5.74) is 4.56. The Bertz CT molecular complexity index is 583. The van der Waals surface area contributed by atoms with Crippen LogP contribution in [0, 0.1) is 13.8 Å². The molecule has 100 valence electrons. The average molecular weight is 320 g/mol. The lowest BCUT2D eigenvalue weighted by Gasteiger charge is -2.12. The Morgan fingerprint density at radius 3 is 2.53 bits per heavy atom. The zero-order valence-electron chi connectivity index (χ0n) is 11.7. The fraction of sp³-hybridized carbons (Fsp3) is 0.333. The second-order valence-corrected chi connectivity index (χ2v) is 5.37. The van der Waals surface area contributed by atoms with Crippen molar-refractivity contribution in [3.63, 3.8) is 0 Å². The van der Waals surface area contributed by atoms with Gasteiger partial charge in [0.15, 0.2) is 5.82 Å². The van der Waals surface area contributed by atoms with E-state index in [0.29, 0.717) is 0 Å². The molecule has 3 nitrogen and oxygen atoms in total. The third-order valence-corrected chi connectivity index (χ3v) is 3.95. The van der Waals surface area contributed by atoms with E-state index in [2.05, 4.69) is 70.2 Å². The smallest absolute Gasteiger partial charge is 0.162 e. The first-order chi connectivity index (χ1) is 9.06. The standard InChI is InChI=1S/C15H18BrN3/c1-5-12-13(16)15(17-4)19-14(18-12)11-7-6-9(2)8-10(11)3/h6-8H,5H2,1-4H3,(H,17,18,19). The van der Waals surface area contributed by atoms with Crippen molar-refractivity contribution in [3.05, 3.63) is 39.5 Å². The number of rotatable bonds is 3. The predicted octanol–water partition coefficient (Wildman–Crippen LogP) is 4.13. The SMILES string of the molecule is CCc1nc(-c2ccc(C)cc2C)nc(NC)c1Br. The number of anilines is 1. The molecule has 0 aliphatic rings. The number of hydrogen-bond acceptors (Lipinski definition) is 3. The van der Waals surface area contributed by atoms with Gasteiger partial charge < -0.3 is 5.32 Å². The van der Waals surface area contributed by atoms with E-state index < -0.39 is 0 Å². The Morgan fingerprint density at radius 1 is 1.21 bits per heavy atom. The van der Waals surface area contributed by atoms with Gasteiger partial charge in [-0.1, -0.05) is 30.7 Å². The number of hydrogen-bond donors (Lipinski definition) is 1. The Balaban J connectivity index is 2.62. The minimum Gasteiger partial charge on any atom is -0.372 e. The fourth-order valence-corrected chi connectivity index (χ4v) is 2.73. The molecule has 1 aromatic heterocycles. The number of benzene rings is 1. The Labute approximate surface area is 122 Å². The van der Waals surface area contributed by atoms with Gasteiger partial charge in [-0.25, -0.2) is 9.97 Å². The van der Waals surface area contributed by atoms with Crippen LogP contribution in [-0.2, 0) is 6.42 Å². The first kappa shape index (κ1) is 14.0. The molecule has 4 heteroatoms. The average Bonchev–Trinajstić information content (AvgIpc) is 2.39. The number of aryl methyl sites for hydroxylation is 3. The van der Waals surface area contributed by atoms with Gasteiger partial charge in [0.1, 0.15) is 5.82 Å². The molecule has 0 saturated heterocycles. The lowest BCUT2D eigenvalue weighted by atomic mass is 10.1. The van der Waals surface area contributed by atoms with Gasteiger partial charge in [0.05, 0.1) is 10.2 Å². The van der Waals surface area contributed by atoms with E-state index >= 15 is 0 Å². The number of nitrogens with zero attached hydrogens (tertiary/aromatic N) is 2. The normalized spacial score (nSPS) is 10.6. The van der Waals surface area contributed by atoms with Crippen LogP contribution in [0.4, 0.5) is 5.82 Å². The molecule has 0 bridgehead atoms. The van der Waals surface area contributed by atoms with Crippen molar-refractivity contribution in [1.82, 2.24) is 9.97 Å². The molecule has 2 rings (SSSR count). The van der Waals surface area contributed by atoms with Crippen molar-refractivity contribution in [1.29, 1.82) is 0 Å². The van der Waals surface area contributed by atoms with E-state index in [0.717, 1.165) is 33.8 Å². The molecular weight excluding hydrogens is 302 g/mol. The number of halogens is 1. The lowest BCUT2D eigenvalue weighted by molar-refractivity contribution is 0.990. The predicted molar refractivity (Wildman–Crippen MR) is 83.6 cm³/mol. The highest BCUT2D eigenvalue weighted by Gasteiger charge is 2.12. The second kappa shape index (κ2) is 5.70. The van der Waals surface area contributed by atoms with Gasteiger partial charge in [0.2, 0.25) is 0 Å². The molecule has 19 heavy (non-hydrogen) atoms. The summed E-state index contributed by atoms with van der Waals surface area (Å²) in [6.07, 6.45) is 0.871. The summed E-state index contributed by atoms with van der Waals surface area (Å²) in [6.45, 7) is 6.28. The summed E-state index contributed by atoms with van der Waals surface area (Å²) in [5, 5.41) is 3.11. The van der Waals surface area contributed by atoms with Crippen LogP contribution < -0.4 is 5.32 Å². The Hall–Kier alpha value is -1.42. The monoisotopic (exact) mass is 319 g/mol. The third-order valence-electron chi connectivity index (χ3n) is 3.11. The van der Waals surface area contributed by atoms with E-state index in [4.69, 9.17) is 0 Å². The van der Waals surface area contributed by atoms with Crippen molar-refractivity contribution in [2.75, 3.05) is 12.4 Å². The topological polar surface area (TPSA) is 37.8 Å². The molecule has 1 aromatic carbocycles. The molecule has 0 spiro atoms. The van der Waals surface area contributed by atoms with Crippen LogP contribution in [0.1, 0.15) is 23.7 Å². The highest BCUT2D eigenvalue weighted by atomic mass is 79.9. The van der Waals surface area contributed by atoms with E-state index in [-0.39, 0.29) is 0 Å². The van der Waals surface area contributed by atoms with Crippen molar-refractivity contribution in [2.24, 2.45) is 0 Å². The summed E-state index contributed by atoms with van der Waals surface area (Å²) < 4.78 is 0.950. The first-order valence-corrected chi connectivity index (χ1v) is 7.18. The van der Waals surface area contributed by atoms with Gasteiger partial charge in [-0.05, 0) is 41.8 Å². The second-order valence-electron chi connectivity index (χ2n) is 4.58. The van der Waals surface area contributed by atoms with Crippen molar-refractivity contribution >= 4 is 21.7 Å². The highest BCUT2D eigenvalue weighted by Crippen LogP contribution is 2.28. The molecule has 0 aliphatic heterocycles. The van der Waals surface area contributed by atoms with Crippen LogP contribution in [0.2, 0.25) is 0 Å². The van der Waals surface area contributed by atoms with Crippen molar-refractivity contribution in [2.45, 2.75) is 27.2 Å². The molecule has 0 saturated carbocycles. The van der Waals surface area contributed by atoms with Gasteiger partial charge in [0.25, 0.3) is 0 Å². The summed E-state index contributed by atoms with van der Waals surface area (Å²) >= 11 is 3.55. The van der Waals surface area contributed by atoms with E-state index in [1.807, 2.05) is 7.05 Å². The lowest BCUT2D eigenvalue weighted by Crippen LogP contribution is -2.03. The quantitative estimate of drug-likeness (QED) is 0.924. The largest absolute Gasteiger partial charge is 0.372 e. The van der Waals surface area contributed by atoms with Gasteiger partial charge in [-0.2, -0.15) is 0 Å². The van der Waals surface area contributed by atoms with E-state index in [1.54, 1.807) is 0 Å². The molecule has 0 unspecified atom stereocenters. The van der Waals surface area contributed by atoms with E-state index in [9.17, 15) is 0 Å². The molecule has 0 atom stereocenters. The molecule has 0 radical (unpaired) electrons. The number of aromatic nitrogens is 2. The first-order valence-electron chi connectivity index (χ1n) is 6.38. The minimum absolute atomic E-state index is 0.780. The maximum absolute atomic E-state index is 4.66. The van der Waals surface area contributed by atoms with Crippen LogP contribution in [-0.4, -0.2) is 17.0 Å². The van der Waals surface area contributed by atoms with Crippen molar-refractivity contribution < 1.29 is 0 Å². The van der Waals surface area contributed by atoms with E-state index in [1.165, 1.54) is 11.1 Å². The summed E-state index contributed by atoms with van der Waals surface area (Å²) in [4.78, 5) is 9.25. The summed E-state index contributed by atoms with van der Waals surface area (Å²) in [7, 11) is 1.87. The van der Waals surface area contributed by atoms with Crippen molar-refractivity contribution in [3.8, 4) is 11.4 Å². The third kappa shape index (κ3) is 2.78. The maximum atomic E-state index is 4.66. The maximum Gasteiger partial charge on any atom is 0.162 e. The minimum atomic E-state index is 0.780. The highest BCUT2D eigenvalue weighted by molar-refractivity contribution is 9.10. The number of nitrogens with one attached hydrogen (secondary N) is 1. The molecule has 0 amide bonds. The van der Waals surface area contributed by atoms with Gasteiger partial charge in [-0.3, -0.25) is 0 Å². The molecule has 1 heterocycles. The Morgan fingerprint density at radius 2 is 1.95 bits per heavy atom. The summed E-state index contributed by atoms with van der Waals surface area (Å²) in [5.74, 6) is 1.61. The molecule has 1 N–H and O–H groups in total. The van der Waals surface area contributed by atoms with Crippen LogP contribution >= 0.6 is 15.9 Å². The summed E-state index contributed by atoms with van der Waals surface area (Å²) in [6, 6.07) is 6.34. The van der Waals surface area contributed by atoms with Crippen LogP contribution in [0.15, 0.2) is 22.7 Å². The zero-order chi connectivity index (χ0) is 14.0. The molecule has 0 aliphatic carbocycles.